The zero-order chi connectivity index (χ0) is 23.5. The fourth-order valence-corrected chi connectivity index (χ4v) is 4.48. The maximum Gasteiger partial charge on any atom is 0.303 e. The molecule has 4 rings (SSSR count). The summed E-state index contributed by atoms with van der Waals surface area (Å²) in [5, 5.41) is 15.4. The minimum absolute atomic E-state index is 0.108. The Bertz CT molecular complexity index is 1160. The molecule has 0 aliphatic carbocycles. The third kappa shape index (κ3) is 4.57. The molecular formula is C24H25N3O6. The first kappa shape index (κ1) is 22.4. The fraction of sp³-hybridized carbons (Fsp3) is 0.375. The molecule has 33 heavy (non-hydrogen) atoms. The average molecular weight is 451 g/mol. The van der Waals surface area contributed by atoms with Crippen molar-refractivity contribution in [3.8, 4) is 0 Å². The zero-order valence-electron chi connectivity index (χ0n) is 18.1. The van der Waals surface area contributed by atoms with Crippen LogP contribution in [0, 0.1) is 0 Å². The molecule has 0 spiro atoms. The first-order chi connectivity index (χ1) is 15.9. The first-order valence-corrected chi connectivity index (χ1v) is 11.1. The molecule has 1 atom stereocenters. The second-order valence-electron chi connectivity index (χ2n) is 8.35. The van der Waals surface area contributed by atoms with Crippen LogP contribution in [-0.2, 0) is 25.7 Å². The van der Waals surface area contributed by atoms with Crippen LogP contribution >= 0.6 is 0 Å². The molecule has 0 saturated carbocycles. The van der Waals surface area contributed by atoms with E-state index in [4.69, 9.17) is 5.11 Å². The highest BCUT2D eigenvalue weighted by Gasteiger charge is 2.40. The Morgan fingerprint density at radius 3 is 2.61 bits per heavy atom. The normalized spacial score (nSPS) is 17.4. The molecular weight excluding hydrogens is 426 g/mol. The van der Waals surface area contributed by atoms with Gasteiger partial charge in [-0.1, -0.05) is 24.6 Å². The molecule has 2 heterocycles. The Hall–Kier alpha value is -3.75. The van der Waals surface area contributed by atoms with Gasteiger partial charge in [-0.2, -0.15) is 0 Å². The van der Waals surface area contributed by atoms with Gasteiger partial charge in [0.05, 0.1) is 5.69 Å². The number of carboxylic acids is 1. The van der Waals surface area contributed by atoms with E-state index in [9.17, 15) is 24.0 Å². The van der Waals surface area contributed by atoms with Gasteiger partial charge in [0.15, 0.2) is 0 Å². The minimum atomic E-state index is -0.832. The van der Waals surface area contributed by atoms with Crippen LogP contribution in [-0.4, -0.2) is 40.7 Å². The Morgan fingerprint density at radius 2 is 1.85 bits per heavy atom. The van der Waals surface area contributed by atoms with Gasteiger partial charge in [-0.05, 0) is 42.3 Å². The predicted molar refractivity (Wildman–Crippen MR) is 119 cm³/mol. The molecule has 2 aromatic rings. The minimum Gasteiger partial charge on any atom is -0.481 e. The molecule has 172 valence electrons. The predicted octanol–water partition coefficient (Wildman–Crippen LogP) is 2.26. The van der Waals surface area contributed by atoms with E-state index in [0.29, 0.717) is 43.5 Å². The lowest BCUT2D eigenvalue weighted by Gasteiger charge is -2.30. The van der Waals surface area contributed by atoms with Crippen molar-refractivity contribution in [3.63, 3.8) is 0 Å². The van der Waals surface area contributed by atoms with Gasteiger partial charge in [-0.25, -0.2) is 0 Å². The quantitative estimate of drug-likeness (QED) is 0.396. The second kappa shape index (κ2) is 9.40. The molecule has 2 aliphatic rings. The van der Waals surface area contributed by atoms with Gasteiger partial charge >= 0.3 is 5.97 Å². The van der Waals surface area contributed by atoms with Crippen molar-refractivity contribution in [1.29, 1.82) is 0 Å². The number of amides is 4. The van der Waals surface area contributed by atoms with Gasteiger partial charge in [0.2, 0.25) is 17.7 Å². The SMILES string of the molecule is O=C(O)CCCCCC(=O)NCc1ccc2c3c(cccc13)C(=O)N2C1CCC(=O)NC1=O. The number of nitrogens with zero attached hydrogens (tertiary/aromatic N) is 1. The largest absolute Gasteiger partial charge is 0.481 e. The van der Waals surface area contributed by atoms with Gasteiger partial charge < -0.3 is 10.4 Å². The Kier molecular flexibility index (Phi) is 6.39. The number of imide groups is 1. The molecule has 9 nitrogen and oxygen atoms in total. The van der Waals surface area contributed by atoms with E-state index in [0.717, 1.165) is 16.3 Å². The van der Waals surface area contributed by atoms with Crippen LogP contribution in [0.2, 0.25) is 0 Å². The number of carbonyl (C=O) groups is 5. The summed E-state index contributed by atoms with van der Waals surface area (Å²) < 4.78 is 0. The first-order valence-electron chi connectivity index (χ1n) is 11.1. The third-order valence-corrected chi connectivity index (χ3v) is 6.11. The number of hydrogen-bond donors (Lipinski definition) is 3. The molecule has 0 radical (unpaired) electrons. The van der Waals surface area contributed by atoms with E-state index >= 15 is 0 Å². The summed E-state index contributed by atoms with van der Waals surface area (Å²) in [5.41, 5.74) is 1.99. The number of carboxylic acid groups (broad SMARTS) is 1. The van der Waals surface area contributed by atoms with Crippen LogP contribution in [0.3, 0.4) is 0 Å². The van der Waals surface area contributed by atoms with Crippen LogP contribution in [0.1, 0.15) is 60.9 Å². The van der Waals surface area contributed by atoms with Gasteiger partial charge in [0.1, 0.15) is 6.04 Å². The maximum atomic E-state index is 13.1. The summed E-state index contributed by atoms with van der Waals surface area (Å²) in [6, 6.07) is 8.27. The van der Waals surface area contributed by atoms with Crippen molar-refractivity contribution >= 4 is 46.1 Å². The van der Waals surface area contributed by atoms with Crippen molar-refractivity contribution < 1.29 is 29.1 Å². The van der Waals surface area contributed by atoms with Gasteiger partial charge in [-0.15, -0.1) is 0 Å². The maximum absolute atomic E-state index is 13.1. The number of piperidine rings is 1. The monoisotopic (exact) mass is 451 g/mol. The molecule has 4 amide bonds. The molecule has 2 aromatic carbocycles. The molecule has 1 saturated heterocycles. The molecule has 0 bridgehead atoms. The van der Waals surface area contributed by atoms with Gasteiger partial charge in [-0.3, -0.25) is 34.2 Å². The third-order valence-electron chi connectivity index (χ3n) is 6.11. The van der Waals surface area contributed by atoms with Gasteiger partial charge in [0, 0.05) is 36.8 Å². The number of unbranched alkanes of at least 4 members (excludes halogenated alkanes) is 2. The molecule has 9 heteroatoms. The van der Waals surface area contributed by atoms with Crippen LogP contribution < -0.4 is 15.5 Å². The standard InChI is InChI=1S/C24H25N3O6/c28-19(7-2-1-3-8-21(30)31)25-13-14-9-10-17-22-15(14)5-4-6-16(22)24(33)27(17)18-11-12-20(29)26-23(18)32/h4-6,9-10,18H,1-3,7-8,11-13H2,(H,25,28)(H,30,31)(H,26,29,32). The van der Waals surface area contributed by atoms with Crippen molar-refractivity contribution in [3.05, 3.63) is 41.5 Å². The van der Waals surface area contributed by atoms with E-state index in [1.807, 2.05) is 12.1 Å². The zero-order valence-corrected chi connectivity index (χ0v) is 18.1. The second-order valence-corrected chi connectivity index (χ2v) is 8.35. The summed E-state index contributed by atoms with van der Waals surface area (Å²) in [6.07, 6.45) is 2.74. The lowest BCUT2D eigenvalue weighted by molar-refractivity contribution is -0.137. The summed E-state index contributed by atoms with van der Waals surface area (Å²) in [7, 11) is 0. The fourth-order valence-electron chi connectivity index (χ4n) is 4.48. The lowest BCUT2D eigenvalue weighted by Crippen LogP contribution is -2.53. The summed E-state index contributed by atoms with van der Waals surface area (Å²) in [6.45, 7) is 0.292. The molecule has 1 unspecified atom stereocenters. The number of aliphatic carboxylic acids is 1. The average Bonchev–Trinajstić information content (AvgIpc) is 3.06. The number of nitrogens with one attached hydrogen (secondary N) is 2. The topological polar surface area (TPSA) is 133 Å². The molecule has 0 aromatic heterocycles. The van der Waals surface area contributed by atoms with E-state index < -0.39 is 17.9 Å². The number of hydrogen-bond acceptors (Lipinski definition) is 5. The van der Waals surface area contributed by atoms with E-state index in [1.54, 1.807) is 18.2 Å². The van der Waals surface area contributed by atoms with E-state index in [1.165, 1.54) is 4.90 Å². The van der Waals surface area contributed by atoms with Crippen molar-refractivity contribution in [2.45, 2.75) is 57.5 Å². The Morgan fingerprint density at radius 1 is 1.06 bits per heavy atom. The van der Waals surface area contributed by atoms with Crippen LogP contribution in [0.25, 0.3) is 10.8 Å². The van der Waals surface area contributed by atoms with Crippen molar-refractivity contribution in [2.24, 2.45) is 0 Å². The summed E-state index contributed by atoms with van der Waals surface area (Å²) in [4.78, 5) is 61.3. The van der Waals surface area contributed by atoms with E-state index in [2.05, 4.69) is 10.6 Å². The number of rotatable bonds is 9. The van der Waals surface area contributed by atoms with E-state index in [-0.39, 0.29) is 37.0 Å². The lowest BCUT2D eigenvalue weighted by atomic mass is 10.00. The summed E-state index contributed by atoms with van der Waals surface area (Å²) >= 11 is 0. The highest BCUT2D eigenvalue weighted by Crippen LogP contribution is 2.41. The molecule has 2 aliphatic heterocycles. The Labute approximate surface area is 190 Å². The van der Waals surface area contributed by atoms with Gasteiger partial charge in [0.25, 0.3) is 5.91 Å². The number of anilines is 1. The number of benzene rings is 2. The Balaban J connectivity index is 1.47. The van der Waals surface area contributed by atoms with Crippen molar-refractivity contribution in [1.82, 2.24) is 10.6 Å². The highest BCUT2D eigenvalue weighted by molar-refractivity contribution is 6.27. The molecule has 1 fully saturated rings. The van der Waals surface area contributed by atoms with Crippen LogP contribution in [0.15, 0.2) is 30.3 Å². The smallest absolute Gasteiger partial charge is 0.303 e. The van der Waals surface area contributed by atoms with Crippen molar-refractivity contribution in [2.75, 3.05) is 4.90 Å². The highest BCUT2D eigenvalue weighted by atomic mass is 16.4. The number of carbonyl (C=O) groups excluding carboxylic acids is 4. The van der Waals surface area contributed by atoms with Crippen LogP contribution in [0.5, 0.6) is 0 Å². The van der Waals surface area contributed by atoms with Crippen LogP contribution in [0.4, 0.5) is 5.69 Å². The molecule has 3 N–H and O–H groups in total. The summed E-state index contributed by atoms with van der Waals surface area (Å²) in [5.74, 6) is -2.03.